The number of benzene rings is 1. The van der Waals surface area contributed by atoms with Crippen LogP contribution in [0.15, 0.2) is 24.3 Å². The molecule has 0 radical (unpaired) electrons. The Labute approximate surface area is 79.4 Å². The highest BCUT2D eigenvalue weighted by atomic mass is 35.5. The highest BCUT2D eigenvalue weighted by Crippen LogP contribution is 2.33. The molecular weight excluding hydrogens is 170 g/mol. The number of fused-ring (bicyclic) bond motifs is 1. The summed E-state index contributed by atoms with van der Waals surface area (Å²) in [5.41, 5.74) is 8.77. The van der Waals surface area contributed by atoms with E-state index in [4.69, 9.17) is 5.73 Å². The first-order valence-corrected chi connectivity index (χ1v) is 4.12. The molecule has 0 fully saturated rings. The van der Waals surface area contributed by atoms with Crippen molar-refractivity contribution in [3.63, 3.8) is 0 Å². The molecule has 0 aromatic heterocycles. The van der Waals surface area contributed by atoms with Gasteiger partial charge in [0.1, 0.15) is 0 Å². The Morgan fingerprint density at radius 3 is 2.67 bits per heavy atom. The van der Waals surface area contributed by atoms with Crippen LogP contribution in [-0.2, 0) is 6.42 Å². The minimum Gasteiger partial charge on any atom is -0.324 e. The lowest BCUT2D eigenvalue weighted by Crippen LogP contribution is -2.13. The van der Waals surface area contributed by atoms with Crippen molar-refractivity contribution >= 4 is 12.4 Å². The molecule has 2 heteroatoms. The molecule has 1 aliphatic carbocycles. The van der Waals surface area contributed by atoms with Crippen LogP contribution in [-0.4, -0.2) is 0 Å². The van der Waals surface area contributed by atoms with Gasteiger partial charge in [0.2, 0.25) is 0 Å². The molecule has 0 aliphatic heterocycles. The van der Waals surface area contributed by atoms with Gasteiger partial charge in [0.15, 0.2) is 0 Å². The van der Waals surface area contributed by atoms with E-state index < -0.39 is 0 Å². The summed E-state index contributed by atoms with van der Waals surface area (Å²) in [6.45, 7) is 2.21. The fourth-order valence-corrected chi connectivity index (χ4v) is 1.83. The maximum absolute atomic E-state index is 5.99. The topological polar surface area (TPSA) is 26.0 Å². The third-order valence-corrected chi connectivity index (χ3v) is 2.57. The van der Waals surface area contributed by atoms with E-state index in [2.05, 4.69) is 31.2 Å². The van der Waals surface area contributed by atoms with Gasteiger partial charge in [0.05, 0.1) is 0 Å². The first-order valence-electron chi connectivity index (χ1n) is 4.12. The monoisotopic (exact) mass is 183 g/mol. The maximum atomic E-state index is 5.99. The van der Waals surface area contributed by atoms with Gasteiger partial charge in [-0.2, -0.15) is 0 Å². The van der Waals surface area contributed by atoms with Gasteiger partial charge in [-0.3, -0.25) is 0 Å². The predicted molar refractivity (Wildman–Crippen MR) is 53.5 cm³/mol. The zero-order chi connectivity index (χ0) is 7.84. The number of rotatable bonds is 0. The molecule has 66 valence electrons. The van der Waals surface area contributed by atoms with Crippen LogP contribution in [0.1, 0.15) is 24.1 Å². The minimum absolute atomic E-state index is 0. The van der Waals surface area contributed by atoms with E-state index in [0.717, 1.165) is 6.42 Å². The van der Waals surface area contributed by atoms with Gasteiger partial charge in [0.25, 0.3) is 0 Å². The van der Waals surface area contributed by atoms with E-state index in [1.54, 1.807) is 0 Å². The zero-order valence-electron chi connectivity index (χ0n) is 7.16. The van der Waals surface area contributed by atoms with E-state index in [9.17, 15) is 0 Å². The number of halogens is 1. The van der Waals surface area contributed by atoms with Crippen LogP contribution in [0.2, 0.25) is 0 Å². The first kappa shape index (κ1) is 9.56. The molecule has 1 aromatic rings. The molecule has 0 amide bonds. The Hall–Kier alpha value is -0.530. The van der Waals surface area contributed by atoms with Crippen LogP contribution in [0.3, 0.4) is 0 Å². The van der Waals surface area contributed by atoms with Crippen molar-refractivity contribution < 1.29 is 0 Å². The predicted octanol–water partition coefficient (Wildman–Crippen LogP) is 2.30. The van der Waals surface area contributed by atoms with E-state index in [-0.39, 0.29) is 18.4 Å². The van der Waals surface area contributed by atoms with Crippen LogP contribution in [0.5, 0.6) is 0 Å². The first-order chi connectivity index (χ1) is 5.29. The van der Waals surface area contributed by atoms with Gasteiger partial charge in [-0.1, -0.05) is 31.2 Å². The molecule has 1 aliphatic rings. The summed E-state index contributed by atoms with van der Waals surface area (Å²) in [5.74, 6) is 0.618. The van der Waals surface area contributed by atoms with Crippen molar-refractivity contribution in [2.75, 3.05) is 0 Å². The normalized spacial score (nSPS) is 26.2. The van der Waals surface area contributed by atoms with Crippen molar-refractivity contribution in [2.24, 2.45) is 11.7 Å². The van der Waals surface area contributed by atoms with Crippen LogP contribution < -0.4 is 5.73 Å². The highest BCUT2D eigenvalue weighted by molar-refractivity contribution is 5.85. The lowest BCUT2D eigenvalue weighted by molar-refractivity contribution is 0.513. The van der Waals surface area contributed by atoms with E-state index in [1.807, 2.05) is 0 Å². The van der Waals surface area contributed by atoms with Crippen LogP contribution in [0.25, 0.3) is 0 Å². The average Bonchev–Trinajstić information content (AvgIpc) is 2.30. The summed E-state index contributed by atoms with van der Waals surface area (Å²) in [6.07, 6.45) is 1.15. The van der Waals surface area contributed by atoms with Crippen molar-refractivity contribution in [2.45, 2.75) is 19.4 Å². The largest absolute Gasteiger partial charge is 0.324 e. The summed E-state index contributed by atoms with van der Waals surface area (Å²) in [7, 11) is 0. The molecule has 0 bridgehead atoms. The molecule has 0 saturated carbocycles. The molecule has 2 atom stereocenters. The Balaban J connectivity index is 0.000000720. The molecule has 12 heavy (non-hydrogen) atoms. The Bertz CT molecular complexity index is 272. The second-order valence-corrected chi connectivity index (χ2v) is 3.41. The Kier molecular flexibility index (Phi) is 2.76. The molecule has 1 nitrogen and oxygen atoms in total. The van der Waals surface area contributed by atoms with Gasteiger partial charge in [-0.25, -0.2) is 0 Å². The lowest BCUT2D eigenvalue weighted by Gasteiger charge is -2.08. The molecule has 0 spiro atoms. The summed E-state index contributed by atoms with van der Waals surface area (Å²) < 4.78 is 0. The van der Waals surface area contributed by atoms with Gasteiger partial charge in [-0.05, 0) is 23.5 Å². The number of hydrogen-bond donors (Lipinski definition) is 1. The van der Waals surface area contributed by atoms with Gasteiger partial charge in [-0.15, -0.1) is 12.4 Å². The van der Waals surface area contributed by atoms with E-state index in [1.165, 1.54) is 11.1 Å². The zero-order valence-corrected chi connectivity index (χ0v) is 7.97. The SMILES string of the molecule is CC1Cc2ccccc2C1N.Cl. The van der Waals surface area contributed by atoms with E-state index >= 15 is 0 Å². The van der Waals surface area contributed by atoms with Crippen molar-refractivity contribution in [1.82, 2.24) is 0 Å². The molecule has 2 unspecified atom stereocenters. The van der Waals surface area contributed by atoms with Crippen molar-refractivity contribution in [3.8, 4) is 0 Å². The second-order valence-electron chi connectivity index (χ2n) is 3.41. The third kappa shape index (κ3) is 1.35. The fourth-order valence-electron chi connectivity index (χ4n) is 1.83. The van der Waals surface area contributed by atoms with Crippen LogP contribution >= 0.6 is 12.4 Å². The maximum Gasteiger partial charge on any atom is 0.0326 e. The Morgan fingerprint density at radius 2 is 2.00 bits per heavy atom. The number of nitrogens with two attached hydrogens (primary N) is 1. The molecular formula is C10H14ClN. The average molecular weight is 184 g/mol. The lowest BCUT2D eigenvalue weighted by atomic mass is 10.0. The Morgan fingerprint density at radius 1 is 1.33 bits per heavy atom. The summed E-state index contributed by atoms with van der Waals surface area (Å²) in [4.78, 5) is 0. The summed E-state index contributed by atoms with van der Waals surface area (Å²) >= 11 is 0. The number of hydrogen-bond acceptors (Lipinski definition) is 1. The second kappa shape index (κ2) is 3.46. The van der Waals surface area contributed by atoms with Crippen molar-refractivity contribution in [3.05, 3.63) is 35.4 Å². The van der Waals surface area contributed by atoms with Crippen molar-refractivity contribution in [1.29, 1.82) is 0 Å². The van der Waals surface area contributed by atoms with Gasteiger partial charge in [0, 0.05) is 6.04 Å². The van der Waals surface area contributed by atoms with Gasteiger partial charge < -0.3 is 5.73 Å². The third-order valence-electron chi connectivity index (χ3n) is 2.57. The van der Waals surface area contributed by atoms with E-state index in [0.29, 0.717) is 5.92 Å². The molecule has 0 saturated heterocycles. The quantitative estimate of drug-likeness (QED) is 0.657. The molecule has 0 heterocycles. The molecule has 1 aromatic carbocycles. The summed E-state index contributed by atoms with van der Waals surface area (Å²) in [5, 5.41) is 0. The molecule has 2 rings (SSSR count). The van der Waals surface area contributed by atoms with Gasteiger partial charge >= 0.3 is 0 Å². The molecule has 2 N–H and O–H groups in total. The standard InChI is InChI=1S/C10H13N.ClH/c1-7-6-8-4-2-3-5-9(8)10(7)11;/h2-5,7,10H,6,11H2,1H3;1H. The minimum atomic E-state index is 0. The smallest absolute Gasteiger partial charge is 0.0326 e. The van der Waals surface area contributed by atoms with Crippen LogP contribution in [0.4, 0.5) is 0 Å². The summed E-state index contributed by atoms with van der Waals surface area (Å²) in [6, 6.07) is 8.74. The van der Waals surface area contributed by atoms with Crippen LogP contribution in [0, 0.1) is 5.92 Å². The fraction of sp³-hybridized carbons (Fsp3) is 0.400. The highest BCUT2D eigenvalue weighted by Gasteiger charge is 2.24.